The maximum atomic E-state index is 14.2. The van der Waals surface area contributed by atoms with E-state index in [0.29, 0.717) is 27.3 Å². The van der Waals surface area contributed by atoms with E-state index in [0.717, 1.165) is 23.2 Å². The van der Waals surface area contributed by atoms with Gasteiger partial charge in [0.15, 0.2) is 0 Å². The van der Waals surface area contributed by atoms with Crippen molar-refractivity contribution in [1.29, 1.82) is 0 Å². The molecule has 5 rings (SSSR count). The Bertz CT molecular complexity index is 1520. The molecule has 3 aromatic carbocycles. The van der Waals surface area contributed by atoms with Gasteiger partial charge in [-0.05, 0) is 59.4 Å². The summed E-state index contributed by atoms with van der Waals surface area (Å²) in [5, 5.41) is 21.1. The highest BCUT2D eigenvalue weighted by Crippen LogP contribution is 2.57. The van der Waals surface area contributed by atoms with Crippen LogP contribution in [0.3, 0.4) is 0 Å². The first kappa shape index (κ1) is 29.5. The average Bonchev–Trinajstić information content (AvgIpc) is 3.43. The number of anilines is 2. The van der Waals surface area contributed by atoms with Gasteiger partial charge in [0.25, 0.3) is 0 Å². The van der Waals surface area contributed by atoms with Crippen LogP contribution < -0.4 is 20.7 Å². The number of fused-ring (bicyclic) bond motifs is 2. The van der Waals surface area contributed by atoms with Crippen molar-refractivity contribution in [3.8, 4) is 5.75 Å². The topological polar surface area (TPSA) is 99.7 Å². The lowest BCUT2D eigenvalue weighted by atomic mass is 9.63. The Kier molecular flexibility index (Phi) is 7.94. The van der Waals surface area contributed by atoms with E-state index in [1.807, 2.05) is 30.3 Å². The molecule has 2 aliphatic heterocycles. The van der Waals surface area contributed by atoms with Crippen LogP contribution in [0.5, 0.6) is 5.75 Å². The molecule has 2 aliphatic rings. The zero-order valence-corrected chi connectivity index (χ0v) is 25.4. The van der Waals surface area contributed by atoms with Crippen LogP contribution in [0.4, 0.5) is 11.4 Å². The summed E-state index contributed by atoms with van der Waals surface area (Å²) in [7, 11) is 1.43. The van der Waals surface area contributed by atoms with Crippen LogP contribution in [-0.4, -0.2) is 42.7 Å². The van der Waals surface area contributed by atoms with E-state index in [4.69, 9.17) is 39.5 Å². The lowest BCUT2D eigenvalue weighted by Crippen LogP contribution is -2.46. The van der Waals surface area contributed by atoms with Gasteiger partial charge in [0.05, 0.1) is 34.4 Å². The predicted molar refractivity (Wildman–Crippen MR) is 164 cm³/mol. The first-order valence-electron chi connectivity index (χ1n) is 13.3. The van der Waals surface area contributed by atoms with E-state index < -0.39 is 23.3 Å². The number of carboxylic acids is 1. The predicted octanol–water partition coefficient (Wildman–Crippen LogP) is 7.22. The summed E-state index contributed by atoms with van der Waals surface area (Å²) < 4.78 is 5.42. The molecular weight excluding hydrogens is 585 g/mol. The molecule has 0 aliphatic carbocycles. The number of methoxy groups -OCH3 is 1. The van der Waals surface area contributed by atoms with Crippen molar-refractivity contribution in [3.05, 3.63) is 86.4 Å². The molecule has 4 N–H and O–H groups in total. The van der Waals surface area contributed by atoms with Crippen LogP contribution in [0, 0.1) is 5.41 Å². The van der Waals surface area contributed by atoms with E-state index in [1.165, 1.54) is 25.3 Å². The smallest absolute Gasteiger partial charge is 0.335 e. The van der Waals surface area contributed by atoms with Crippen LogP contribution in [0.1, 0.15) is 54.6 Å². The number of carboxylic acid groups (broad SMARTS) is 1. The Balaban J connectivity index is 1.66. The molecule has 41 heavy (non-hydrogen) atoms. The zero-order valence-electron chi connectivity index (χ0n) is 23.1. The molecule has 1 amide bonds. The lowest BCUT2D eigenvalue weighted by molar-refractivity contribution is -0.118. The molecule has 7 nitrogen and oxygen atoms in total. The Hall–Kier alpha value is -2.97. The van der Waals surface area contributed by atoms with Gasteiger partial charge in [0, 0.05) is 34.6 Å². The SMILES string of the molecule is COc1cc(C(=O)O)ccc1NC(=O)[C@@H]1N[C@@H](CC(C)(C)C)[C@@]2(CNc3cc(Cl)ccc32)[C@H]1c1cccc(Cl)c1Cl. The molecule has 1 spiro atoms. The molecule has 0 radical (unpaired) electrons. The molecule has 0 unspecified atom stereocenters. The molecule has 0 bridgehead atoms. The van der Waals surface area contributed by atoms with Crippen molar-refractivity contribution < 1.29 is 19.4 Å². The van der Waals surface area contributed by atoms with E-state index in [2.05, 4.69) is 36.7 Å². The number of hydrogen-bond donors (Lipinski definition) is 4. The molecule has 0 aromatic heterocycles. The number of carbonyl (C=O) groups excluding carboxylic acids is 1. The number of ether oxygens (including phenoxy) is 1. The summed E-state index contributed by atoms with van der Waals surface area (Å²) >= 11 is 19.8. The van der Waals surface area contributed by atoms with Gasteiger partial charge in [-0.2, -0.15) is 0 Å². The summed E-state index contributed by atoms with van der Waals surface area (Å²) in [5.41, 5.74) is 2.53. The van der Waals surface area contributed by atoms with E-state index in [9.17, 15) is 14.7 Å². The number of halogens is 3. The largest absolute Gasteiger partial charge is 0.495 e. The van der Waals surface area contributed by atoms with Crippen LogP contribution >= 0.6 is 34.8 Å². The van der Waals surface area contributed by atoms with Gasteiger partial charge < -0.3 is 25.8 Å². The fraction of sp³-hybridized carbons (Fsp3) is 0.355. The van der Waals surface area contributed by atoms with Crippen molar-refractivity contribution in [2.75, 3.05) is 24.3 Å². The summed E-state index contributed by atoms with van der Waals surface area (Å²) in [6.45, 7) is 7.09. The van der Waals surface area contributed by atoms with Crippen LogP contribution in [0.25, 0.3) is 0 Å². The number of hydrogen-bond acceptors (Lipinski definition) is 5. The number of nitrogens with one attached hydrogen (secondary N) is 3. The third-order valence-electron chi connectivity index (χ3n) is 8.07. The normalized spacial score (nSPS) is 23.2. The van der Waals surface area contributed by atoms with Crippen molar-refractivity contribution in [3.63, 3.8) is 0 Å². The van der Waals surface area contributed by atoms with E-state index in [-0.39, 0.29) is 28.7 Å². The van der Waals surface area contributed by atoms with Crippen molar-refractivity contribution in [2.24, 2.45) is 5.41 Å². The highest BCUT2D eigenvalue weighted by molar-refractivity contribution is 6.42. The number of aromatic carboxylic acids is 1. The third-order valence-corrected chi connectivity index (χ3v) is 9.14. The second-order valence-electron chi connectivity index (χ2n) is 11.9. The molecule has 216 valence electrons. The van der Waals surface area contributed by atoms with E-state index >= 15 is 0 Å². The van der Waals surface area contributed by atoms with Gasteiger partial charge in [-0.3, -0.25) is 4.79 Å². The number of amides is 1. The summed E-state index contributed by atoms with van der Waals surface area (Å²) in [6.07, 6.45) is 0.770. The molecule has 1 saturated heterocycles. The third kappa shape index (κ3) is 5.37. The maximum absolute atomic E-state index is 14.2. The Morgan fingerprint density at radius 3 is 2.54 bits per heavy atom. The second kappa shape index (κ2) is 11.0. The van der Waals surface area contributed by atoms with Gasteiger partial charge >= 0.3 is 5.97 Å². The molecule has 0 saturated carbocycles. The monoisotopic (exact) mass is 615 g/mol. The first-order valence-corrected chi connectivity index (χ1v) is 14.4. The molecule has 1 fully saturated rings. The maximum Gasteiger partial charge on any atom is 0.335 e. The standard InChI is InChI=1S/C31H32Cl3N3O4/c1-30(2,3)14-24-31(15-35-22-13-17(32)9-10-19(22)31)25(18-6-5-7-20(33)26(18)34)27(37-24)28(38)36-21-11-8-16(29(39)40)12-23(21)41-4/h5-13,24-25,27,35,37H,14-15H2,1-4H3,(H,36,38)(H,39,40)/t24-,25-,27+,31-/m0/s1. The Labute approximate surface area is 254 Å². The van der Waals surface area contributed by atoms with Crippen LogP contribution in [-0.2, 0) is 10.2 Å². The van der Waals surface area contributed by atoms with Gasteiger partial charge in [0.2, 0.25) is 5.91 Å². The van der Waals surface area contributed by atoms with Gasteiger partial charge in [-0.1, -0.05) is 73.8 Å². The number of rotatable bonds is 6. The van der Waals surface area contributed by atoms with Gasteiger partial charge in [-0.25, -0.2) is 4.79 Å². The van der Waals surface area contributed by atoms with Crippen molar-refractivity contribution >= 4 is 58.1 Å². The Morgan fingerprint density at radius 2 is 1.85 bits per heavy atom. The highest BCUT2D eigenvalue weighted by Gasteiger charge is 2.61. The van der Waals surface area contributed by atoms with Gasteiger partial charge in [-0.15, -0.1) is 0 Å². The summed E-state index contributed by atoms with van der Waals surface area (Å²) in [4.78, 5) is 25.7. The average molecular weight is 617 g/mol. The summed E-state index contributed by atoms with van der Waals surface area (Å²) in [5.74, 6) is -1.56. The quantitative estimate of drug-likeness (QED) is 0.233. The second-order valence-corrected chi connectivity index (χ2v) is 13.1. The fourth-order valence-electron chi connectivity index (χ4n) is 6.41. The number of benzene rings is 3. The Morgan fingerprint density at radius 1 is 1.10 bits per heavy atom. The van der Waals surface area contributed by atoms with Crippen molar-refractivity contribution in [2.45, 2.75) is 50.6 Å². The first-order chi connectivity index (χ1) is 19.4. The fourth-order valence-corrected chi connectivity index (χ4v) is 7.00. The van der Waals surface area contributed by atoms with Crippen molar-refractivity contribution in [1.82, 2.24) is 5.32 Å². The minimum absolute atomic E-state index is 0.0546. The molecule has 10 heteroatoms. The zero-order chi connectivity index (χ0) is 29.7. The molecule has 2 heterocycles. The van der Waals surface area contributed by atoms with Gasteiger partial charge in [0.1, 0.15) is 5.75 Å². The molecular formula is C31H32Cl3N3O4. The number of carbonyl (C=O) groups is 2. The lowest BCUT2D eigenvalue weighted by Gasteiger charge is -2.39. The minimum Gasteiger partial charge on any atom is -0.495 e. The molecule has 4 atom stereocenters. The minimum atomic E-state index is -1.09. The molecule has 3 aromatic rings. The summed E-state index contributed by atoms with van der Waals surface area (Å²) in [6, 6.07) is 14.9. The van der Waals surface area contributed by atoms with Crippen LogP contribution in [0.15, 0.2) is 54.6 Å². The van der Waals surface area contributed by atoms with Crippen LogP contribution in [0.2, 0.25) is 15.1 Å². The van der Waals surface area contributed by atoms with E-state index in [1.54, 1.807) is 6.07 Å². The highest BCUT2D eigenvalue weighted by atomic mass is 35.5.